The van der Waals surface area contributed by atoms with Crippen molar-refractivity contribution < 1.29 is 37.5 Å². The van der Waals surface area contributed by atoms with Crippen LogP contribution in [0.1, 0.15) is 35.3 Å². The molecule has 1 aromatic heterocycles. The Bertz CT molecular complexity index is 1290. The van der Waals surface area contributed by atoms with Gasteiger partial charge in [0.15, 0.2) is 0 Å². The molecule has 3 amide bonds. The molecular weight excluding hydrogens is 520 g/mol. The maximum Gasteiger partial charge on any atom is 0.415 e. The van der Waals surface area contributed by atoms with E-state index in [4.69, 9.17) is 9.47 Å². The van der Waals surface area contributed by atoms with E-state index in [9.17, 15) is 23.2 Å². The second-order valence-corrected chi connectivity index (χ2v) is 8.78. The van der Waals surface area contributed by atoms with Gasteiger partial charge < -0.3 is 14.8 Å². The molecule has 12 heteroatoms. The van der Waals surface area contributed by atoms with Gasteiger partial charge >= 0.3 is 18.1 Å². The maximum atomic E-state index is 14.5. The highest BCUT2D eigenvalue weighted by Crippen LogP contribution is 2.43. The van der Waals surface area contributed by atoms with E-state index in [1.165, 1.54) is 13.2 Å². The molecule has 0 aliphatic carbocycles. The molecule has 0 spiro atoms. The predicted octanol–water partition coefficient (Wildman–Crippen LogP) is 6.02. The lowest BCUT2D eigenvalue weighted by molar-refractivity contribution is 0.0527. The summed E-state index contributed by atoms with van der Waals surface area (Å²) in [6, 6.07) is 9.54. The number of carbonyl (C=O) groups excluding carboxylic acids is 3. The lowest BCUT2D eigenvalue weighted by Gasteiger charge is -2.22. The standard InChI is InChI=1S/C26H27F2N3O6S/c1-5-36-24(32)21-15(3)22(16-10-12-17(13-11-16)29-25(33)30-35-4)38-23(21)31(26(34)37-6-2)14-18-19(27)8-7-9-20(18)28/h7-13H,5-6,14H2,1-4H3,(H2,29,30,33). The van der Waals surface area contributed by atoms with E-state index in [1.807, 2.05) is 0 Å². The highest BCUT2D eigenvalue weighted by Gasteiger charge is 2.31. The number of nitrogens with zero attached hydrogens (tertiary/aromatic N) is 1. The van der Waals surface area contributed by atoms with Crippen molar-refractivity contribution in [3.8, 4) is 10.4 Å². The summed E-state index contributed by atoms with van der Waals surface area (Å²) in [4.78, 5) is 44.0. The van der Waals surface area contributed by atoms with Crippen LogP contribution >= 0.6 is 11.3 Å². The third kappa shape index (κ3) is 6.45. The van der Waals surface area contributed by atoms with Gasteiger partial charge in [0.2, 0.25) is 0 Å². The smallest absolute Gasteiger partial charge is 0.415 e. The van der Waals surface area contributed by atoms with Crippen LogP contribution in [0.2, 0.25) is 0 Å². The molecule has 2 aromatic carbocycles. The van der Waals surface area contributed by atoms with E-state index in [1.54, 1.807) is 45.0 Å². The number of rotatable bonds is 9. The summed E-state index contributed by atoms with van der Waals surface area (Å²) in [5, 5.41) is 2.71. The fourth-order valence-corrected chi connectivity index (χ4v) is 4.91. The summed E-state index contributed by atoms with van der Waals surface area (Å²) in [6.07, 6.45) is -0.878. The Morgan fingerprint density at radius 2 is 1.61 bits per heavy atom. The number of nitrogens with one attached hydrogen (secondary N) is 2. The second kappa shape index (κ2) is 13.0. The minimum Gasteiger partial charge on any atom is -0.462 e. The minimum absolute atomic E-state index is 0.00610. The zero-order chi connectivity index (χ0) is 27.8. The zero-order valence-corrected chi connectivity index (χ0v) is 22.0. The van der Waals surface area contributed by atoms with Crippen molar-refractivity contribution in [1.82, 2.24) is 5.48 Å². The van der Waals surface area contributed by atoms with Crippen LogP contribution in [0.4, 0.5) is 29.1 Å². The summed E-state index contributed by atoms with van der Waals surface area (Å²) in [5.74, 6) is -2.38. The number of anilines is 2. The Labute approximate surface area is 222 Å². The van der Waals surface area contributed by atoms with E-state index < -0.39 is 36.3 Å². The van der Waals surface area contributed by atoms with Crippen LogP contribution in [0, 0.1) is 18.6 Å². The van der Waals surface area contributed by atoms with E-state index >= 15 is 0 Å². The number of esters is 1. The molecule has 0 aliphatic heterocycles. The van der Waals surface area contributed by atoms with Crippen molar-refractivity contribution in [3.63, 3.8) is 0 Å². The number of carbonyl (C=O) groups is 3. The van der Waals surface area contributed by atoms with E-state index in [2.05, 4.69) is 15.6 Å². The number of halogens is 2. The average molecular weight is 548 g/mol. The second-order valence-electron chi connectivity index (χ2n) is 7.78. The van der Waals surface area contributed by atoms with Crippen molar-refractivity contribution in [2.75, 3.05) is 30.5 Å². The number of hydrogen-bond donors (Lipinski definition) is 2. The van der Waals surface area contributed by atoms with Gasteiger partial charge in [-0.25, -0.2) is 28.6 Å². The molecule has 2 N–H and O–H groups in total. The highest BCUT2D eigenvalue weighted by molar-refractivity contribution is 7.20. The lowest BCUT2D eigenvalue weighted by Crippen LogP contribution is -2.32. The monoisotopic (exact) mass is 547 g/mol. The number of hydroxylamine groups is 1. The Morgan fingerprint density at radius 1 is 0.974 bits per heavy atom. The summed E-state index contributed by atoms with van der Waals surface area (Å²) in [5.41, 5.74) is 3.52. The molecule has 0 bridgehead atoms. The molecule has 0 radical (unpaired) electrons. The molecule has 1 heterocycles. The Balaban J connectivity index is 2.11. The highest BCUT2D eigenvalue weighted by atomic mass is 32.1. The van der Waals surface area contributed by atoms with Gasteiger partial charge in [-0.1, -0.05) is 18.2 Å². The van der Waals surface area contributed by atoms with Gasteiger partial charge in [-0.2, -0.15) is 0 Å². The largest absolute Gasteiger partial charge is 0.462 e. The Kier molecular flexibility index (Phi) is 9.74. The van der Waals surface area contributed by atoms with Crippen LogP contribution in [0.15, 0.2) is 42.5 Å². The first-order valence-corrected chi connectivity index (χ1v) is 12.4. The summed E-state index contributed by atoms with van der Waals surface area (Å²) < 4.78 is 39.5. The molecule has 3 rings (SSSR count). The van der Waals surface area contributed by atoms with Crippen molar-refractivity contribution in [1.29, 1.82) is 0 Å². The molecule has 3 aromatic rings. The summed E-state index contributed by atoms with van der Waals surface area (Å²) >= 11 is 1.07. The fraction of sp³-hybridized carbons (Fsp3) is 0.269. The molecule has 0 saturated heterocycles. The van der Waals surface area contributed by atoms with Crippen LogP contribution in [0.5, 0.6) is 0 Å². The van der Waals surface area contributed by atoms with Crippen LogP contribution < -0.4 is 15.7 Å². The van der Waals surface area contributed by atoms with E-state index in [-0.39, 0.29) is 29.3 Å². The van der Waals surface area contributed by atoms with Crippen LogP contribution in [0.3, 0.4) is 0 Å². The third-order valence-corrected chi connectivity index (χ3v) is 6.68. The van der Waals surface area contributed by atoms with Crippen LogP contribution in [-0.2, 0) is 20.9 Å². The Hall–Kier alpha value is -4.03. The van der Waals surface area contributed by atoms with Gasteiger partial charge in [0.25, 0.3) is 0 Å². The normalized spacial score (nSPS) is 10.6. The van der Waals surface area contributed by atoms with Gasteiger partial charge in [0.05, 0.1) is 32.4 Å². The van der Waals surface area contributed by atoms with Crippen molar-refractivity contribution in [3.05, 3.63) is 70.8 Å². The van der Waals surface area contributed by atoms with Gasteiger partial charge in [0.1, 0.15) is 16.6 Å². The molecule has 9 nitrogen and oxygen atoms in total. The SMILES string of the molecule is CCOC(=O)c1c(N(Cc2c(F)cccc2F)C(=O)OCC)sc(-c2ccc(NC(=O)NOC)cc2)c1C. The Morgan fingerprint density at radius 3 is 2.18 bits per heavy atom. The van der Waals surface area contributed by atoms with E-state index in [0.29, 0.717) is 21.7 Å². The number of amides is 3. The van der Waals surface area contributed by atoms with Crippen molar-refractivity contribution in [2.45, 2.75) is 27.3 Å². The molecule has 0 unspecified atom stereocenters. The fourth-order valence-electron chi connectivity index (χ4n) is 3.62. The van der Waals surface area contributed by atoms with Crippen molar-refractivity contribution >= 4 is 40.1 Å². The third-order valence-electron chi connectivity index (χ3n) is 5.32. The van der Waals surface area contributed by atoms with Gasteiger partial charge in [-0.05, 0) is 56.2 Å². The summed E-state index contributed by atoms with van der Waals surface area (Å²) in [6.45, 7) is 4.50. The lowest BCUT2D eigenvalue weighted by atomic mass is 10.1. The van der Waals surface area contributed by atoms with E-state index in [0.717, 1.165) is 28.4 Å². The quantitative estimate of drug-likeness (QED) is 0.251. The van der Waals surface area contributed by atoms with Gasteiger partial charge in [-0.15, -0.1) is 11.3 Å². The van der Waals surface area contributed by atoms with Crippen LogP contribution in [-0.4, -0.2) is 38.4 Å². The van der Waals surface area contributed by atoms with Gasteiger partial charge in [-0.3, -0.25) is 9.74 Å². The molecule has 0 atom stereocenters. The topological polar surface area (TPSA) is 106 Å². The molecule has 38 heavy (non-hydrogen) atoms. The zero-order valence-electron chi connectivity index (χ0n) is 21.2. The molecular formula is C26H27F2N3O6S. The molecule has 0 aliphatic rings. The number of thiophene rings is 1. The molecule has 0 fully saturated rings. The van der Waals surface area contributed by atoms with Crippen LogP contribution in [0.25, 0.3) is 10.4 Å². The molecule has 202 valence electrons. The van der Waals surface area contributed by atoms with Crippen molar-refractivity contribution in [2.24, 2.45) is 0 Å². The number of benzene rings is 2. The minimum atomic E-state index is -0.878. The molecule has 0 saturated carbocycles. The van der Waals surface area contributed by atoms with Gasteiger partial charge in [0, 0.05) is 16.1 Å². The number of ether oxygens (including phenoxy) is 2. The first-order valence-electron chi connectivity index (χ1n) is 11.6. The number of hydrogen-bond acceptors (Lipinski definition) is 7. The average Bonchev–Trinajstić information content (AvgIpc) is 3.21. The summed E-state index contributed by atoms with van der Waals surface area (Å²) in [7, 11) is 1.31. The predicted molar refractivity (Wildman–Crippen MR) is 139 cm³/mol. The first kappa shape index (κ1) is 28.5. The first-order chi connectivity index (χ1) is 18.2. The number of urea groups is 1. The maximum absolute atomic E-state index is 14.5.